The molecule has 41 heavy (non-hydrogen) atoms. The third-order valence-corrected chi connectivity index (χ3v) is 8.13. The molecule has 0 amide bonds. The summed E-state index contributed by atoms with van der Waals surface area (Å²) in [7, 11) is 0. The number of nitrogens with one attached hydrogen (secondary N) is 1. The van der Waals surface area contributed by atoms with Gasteiger partial charge in [0.25, 0.3) is 0 Å². The number of carboxylic acid groups (broad SMARTS) is 1. The molecule has 0 saturated carbocycles. The molecule has 3 heterocycles. The Labute approximate surface area is 244 Å². The Morgan fingerprint density at radius 1 is 1.24 bits per heavy atom. The van der Waals surface area contributed by atoms with Gasteiger partial charge in [-0.15, -0.1) is 0 Å². The number of aliphatic carboxylic acids is 1. The first-order valence-corrected chi connectivity index (χ1v) is 14.1. The van der Waals surface area contributed by atoms with Crippen molar-refractivity contribution in [3.63, 3.8) is 0 Å². The molecule has 0 aliphatic carbocycles. The fourth-order valence-corrected chi connectivity index (χ4v) is 5.88. The molecule has 4 rings (SSSR count). The predicted molar refractivity (Wildman–Crippen MR) is 154 cm³/mol. The van der Waals surface area contributed by atoms with Crippen LogP contribution in [0.2, 0.25) is 5.02 Å². The summed E-state index contributed by atoms with van der Waals surface area (Å²) in [5.41, 5.74) is -0.219. The van der Waals surface area contributed by atoms with E-state index in [1.807, 2.05) is 50.3 Å². The second-order valence-corrected chi connectivity index (χ2v) is 12.6. The molecule has 0 bridgehead atoms. The number of carbonyl (C=O) groups is 1. The molecular formula is C30H38ClF2N5O3. The second kappa shape index (κ2) is 11.7. The van der Waals surface area contributed by atoms with Crippen LogP contribution < -0.4 is 5.32 Å². The summed E-state index contributed by atoms with van der Waals surface area (Å²) in [6.45, 7) is 12.0. The highest BCUT2D eigenvalue weighted by Gasteiger charge is 2.45. The lowest BCUT2D eigenvalue weighted by molar-refractivity contribution is -0.153. The number of aryl methyl sites for hydroxylation is 1. The van der Waals surface area contributed by atoms with Gasteiger partial charge in [-0.25, -0.2) is 13.8 Å². The molecule has 1 aromatic carbocycles. The third-order valence-electron chi connectivity index (χ3n) is 7.84. The number of benzene rings is 1. The molecule has 1 unspecified atom stereocenters. The SMILES string of the molecule is Cc1cc(Nc2cc(C(C)O)c(F)c(C[C@@]3(C(=O)O)CCN(Cc4cccc(Cl)c4F)[C@H](C)C3)n2)nn1C(C)(C)C. The topological polar surface area (TPSA) is 104 Å². The van der Waals surface area contributed by atoms with Crippen LogP contribution in [-0.4, -0.2) is 48.4 Å². The van der Waals surface area contributed by atoms with E-state index in [0.29, 0.717) is 17.9 Å². The van der Waals surface area contributed by atoms with E-state index in [1.54, 1.807) is 12.1 Å². The Bertz CT molecular complexity index is 1440. The van der Waals surface area contributed by atoms with Gasteiger partial charge in [0, 0.05) is 41.9 Å². The van der Waals surface area contributed by atoms with E-state index >= 15 is 4.39 Å². The van der Waals surface area contributed by atoms with Crippen LogP contribution in [0.3, 0.4) is 0 Å². The van der Waals surface area contributed by atoms with Crippen LogP contribution in [0.25, 0.3) is 0 Å². The Morgan fingerprint density at radius 3 is 2.54 bits per heavy atom. The number of halogens is 3. The van der Waals surface area contributed by atoms with E-state index in [1.165, 1.54) is 19.1 Å². The van der Waals surface area contributed by atoms with E-state index < -0.39 is 29.1 Å². The van der Waals surface area contributed by atoms with Gasteiger partial charge in [-0.3, -0.25) is 14.4 Å². The van der Waals surface area contributed by atoms with Crippen molar-refractivity contribution in [3.8, 4) is 0 Å². The molecule has 8 nitrogen and oxygen atoms in total. The maximum atomic E-state index is 15.7. The summed E-state index contributed by atoms with van der Waals surface area (Å²) in [6.07, 6.45) is -0.877. The Hall–Kier alpha value is -3.08. The molecule has 0 radical (unpaired) electrons. The summed E-state index contributed by atoms with van der Waals surface area (Å²) in [5.74, 6) is -1.49. The summed E-state index contributed by atoms with van der Waals surface area (Å²) in [5, 5.41) is 28.5. The minimum absolute atomic E-state index is 0.0203. The fourth-order valence-electron chi connectivity index (χ4n) is 5.68. The molecule has 1 fully saturated rings. The molecule has 3 N–H and O–H groups in total. The number of aliphatic hydroxyl groups is 1. The molecule has 2 aromatic heterocycles. The lowest BCUT2D eigenvalue weighted by Gasteiger charge is -2.43. The number of carboxylic acids is 1. The number of piperidine rings is 1. The smallest absolute Gasteiger partial charge is 0.310 e. The van der Waals surface area contributed by atoms with Crippen LogP contribution in [0, 0.1) is 24.0 Å². The molecule has 3 atom stereocenters. The largest absolute Gasteiger partial charge is 0.481 e. The van der Waals surface area contributed by atoms with Gasteiger partial charge in [0.2, 0.25) is 0 Å². The molecule has 222 valence electrons. The van der Waals surface area contributed by atoms with Gasteiger partial charge in [0.15, 0.2) is 11.6 Å². The molecule has 1 aliphatic rings. The van der Waals surface area contributed by atoms with Crippen molar-refractivity contribution in [2.24, 2.45) is 5.41 Å². The van der Waals surface area contributed by atoms with Crippen molar-refractivity contribution in [1.82, 2.24) is 19.7 Å². The molecule has 11 heteroatoms. The first kappa shape index (κ1) is 30.9. The van der Waals surface area contributed by atoms with Gasteiger partial charge < -0.3 is 15.5 Å². The van der Waals surface area contributed by atoms with Crippen molar-refractivity contribution in [1.29, 1.82) is 0 Å². The number of aromatic nitrogens is 3. The van der Waals surface area contributed by atoms with Gasteiger partial charge in [-0.2, -0.15) is 5.10 Å². The van der Waals surface area contributed by atoms with E-state index in [-0.39, 0.29) is 59.5 Å². The average Bonchev–Trinajstić information content (AvgIpc) is 3.25. The number of hydrogen-bond acceptors (Lipinski definition) is 6. The Kier molecular flexibility index (Phi) is 8.78. The van der Waals surface area contributed by atoms with E-state index in [2.05, 4.69) is 15.4 Å². The summed E-state index contributed by atoms with van der Waals surface area (Å²) in [4.78, 5) is 19.2. The third kappa shape index (κ3) is 6.55. The van der Waals surface area contributed by atoms with E-state index in [0.717, 1.165) is 5.69 Å². The quantitative estimate of drug-likeness (QED) is 0.280. The van der Waals surface area contributed by atoms with Crippen molar-refractivity contribution in [2.45, 2.75) is 85.0 Å². The Balaban J connectivity index is 1.62. The zero-order valence-electron chi connectivity index (χ0n) is 24.3. The zero-order valence-corrected chi connectivity index (χ0v) is 25.1. The highest BCUT2D eigenvalue weighted by atomic mass is 35.5. The average molecular weight is 590 g/mol. The van der Waals surface area contributed by atoms with Crippen molar-refractivity contribution < 1.29 is 23.8 Å². The highest BCUT2D eigenvalue weighted by Crippen LogP contribution is 2.40. The summed E-state index contributed by atoms with van der Waals surface area (Å²) < 4.78 is 32.1. The van der Waals surface area contributed by atoms with Gasteiger partial charge in [0.1, 0.15) is 11.6 Å². The second-order valence-electron chi connectivity index (χ2n) is 12.2. The monoisotopic (exact) mass is 589 g/mol. The standard InChI is InChI=1S/C30H38ClF2N5O3/c1-17-12-25(36-38(17)29(4,5)6)35-24-13-21(19(3)39)27(33)23(34-24)15-30(28(40)41)10-11-37(18(2)14-30)16-20-8-7-9-22(31)26(20)32/h7-9,12-13,18-19,39H,10-11,14-16H2,1-6H3,(H,40,41)(H,34,35,36)/t18-,19?,30-/m1/s1. The van der Waals surface area contributed by atoms with Gasteiger partial charge in [0.05, 0.1) is 27.8 Å². The van der Waals surface area contributed by atoms with Crippen LogP contribution in [0.4, 0.5) is 20.4 Å². The molecule has 1 aliphatic heterocycles. The molecule has 3 aromatic rings. The number of likely N-dealkylation sites (tertiary alicyclic amines) is 1. The number of hydrogen-bond donors (Lipinski definition) is 3. The fraction of sp³-hybridized carbons (Fsp3) is 0.500. The first-order chi connectivity index (χ1) is 19.1. The normalized spacial score (nSPS) is 20.7. The summed E-state index contributed by atoms with van der Waals surface area (Å²) >= 11 is 5.95. The van der Waals surface area contributed by atoms with Gasteiger partial charge in [-0.1, -0.05) is 23.7 Å². The minimum atomic E-state index is -1.30. The highest BCUT2D eigenvalue weighted by molar-refractivity contribution is 6.30. The molecule has 0 spiro atoms. The number of anilines is 2. The lowest BCUT2D eigenvalue weighted by Crippen LogP contribution is -2.50. The number of nitrogens with zero attached hydrogens (tertiary/aromatic N) is 4. The van der Waals surface area contributed by atoms with Crippen LogP contribution in [0.5, 0.6) is 0 Å². The minimum Gasteiger partial charge on any atom is -0.481 e. The van der Waals surface area contributed by atoms with Crippen LogP contribution in [-0.2, 0) is 23.3 Å². The Morgan fingerprint density at radius 2 is 1.95 bits per heavy atom. The van der Waals surface area contributed by atoms with Crippen molar-refractivity contribution in [3.05, 3.63) is 69.5 Å². The van der Waals surface area contributed by atoms with Crippen LogP contribution in [0.15, 0.2) is 30.3 Å². The maximum absolute atomic E-state index is 15.7. The summed E-state index contributed by atoms with van der Waals surface area (Å²) in [6, 6.07) is 7.86. The van der Waals surface area contributed by atoms with Crippen LogP contribution >= 0.6 is 11.6 Å². The van der Waals surface area contributed by atoms with Gasteiger partial charge in [-0.05, 0) is 73.1 Å². The molecular weight excluding hydrogens is 552 g/mol. The van der Waals surface area contributed by atoms with Crippen molar-refractivity contribution >= 4 is 29.2 Å². The first-order valence-electron chi connectivity index (χ1n) is 13.7. The molecule has 1 saturated heterocycles. The number of pyridine rings is 1. The maximum Gasteiger partial charge on any atom is 0.310 e. The van der Waals surface area contributed by atoms with E-state index in [9.17, 15) is 19.4 Å². The number of aliphatic hydroxyl groups excluding tert-OH is 1. The van der Waals surface area contributed by atoms with Crippen molar-refractivity contribution in [2.75, 3.05) is 11.9 Å². The zero-order chi connectivity index (χ0) is 30.3. The lowest BCUT2D eigenvalue weighted by atomic mass is 9.72. The predicted octanol–water partition coefficient (Wildman–Crippen LogP) is 6.37. The van der Waals surface area contributed by atoms with Crippen LogP contribution in [0.1, 0.15) is 76.1 Å². The van der Waals surface area contributed by atoms with Gasteiger partial charge >= 0.3 is 5.97 Å². The number of rotatable bonds is 8. The van der Waals surface area contributed by atoms with E-state index in [4.69, 9.17) is 11.6 Å².